The number of carboxylic acid groups (broad SMARTS) is 1. The molecule has 0 spiro atoms. The summed E-state index contributed by atoms with van der Waals surface area (Å²) < 4.78 is 0. The highest BCUT2D eigenvalue weighted by Gasteiger charge is 2.24. The number of nitrogens with one attached hydrogen (secondary N) is 2. The average molecular weight is 276 g/mol. The summed E-state index contributed by atoms with van der Waals surface area (Å²) in [7, 11) is 0. The van der Waals surface area contributed by atoms with Gasteiger partial charge in [-0.2, -0.15) is 0 Å². The molecule has 0 fully saturated rings. The maximum atomic E-state index is 11.9. The zero-order valence-electron chi connectivity index (χ0n) is 11.8. The summed E-state index contributed by atoms with van der Waals surface area (Å²) in [5, 5.41) is 14.2. The molecule has 2 amide bonds. The number of hydrogen-bond donors (Lipinski definition) is 3. The first-order valence-corrected chi connectivity index (χ1v) is 6.78. The van der Waals surface area contributed by atoms with Gasteiger partial charge in [-0.3, -0.25) is 4.79 Å². The quantitative estimate of drug-likeness (QED) is 0.790. The number of carboxylic acids is 1. The minimum absolute atomic E-state index is 0.120. The minimum atomic E-state index is -0.937. The molecule has 2 rings (SSSR count). The van der Waals surface area contributed by atoms with E-state index in [4.69, 9.17) is 5.11 Å². The minimum Gasteiger partial charge on any atom is -0.481 e. The molecule has 5 nitrogen and oxygen atoms in total. The van der Waals surface area contributed by atoms with Crippen molar-refractivity contribution >= 4 is 17.7 Å². The number of benzene rings is 1. The lowest BCUT2D eigenvalue weighted by Crippen LogP contribution is -2.46. The third-order valence-electron chi connectivity index (χ3n) is 3.40. The predicted octanol–water partition coefficient (Wildman–Crippen LogP) is 2.55. The number of anilines is 1. The van der Waals surface area contributed by atoms with E-state index >= 15 is 0 Å². The van der Waals surface area contributed by atoms with Crippen molar-refractivity contribution in [2.24, 2.45) is 0 Å². The smallest absolute Gasteiger partial charge is 0.319 e. The predicted molar refractivity (Wildman–Crippen MR) is 77.0 cm³/mol. The molecular weight excluding hydrogens is 256 g/mol. The Labute approximate surface area is 118 Å². The molecule has 0 heterocycles. The van der Waals surface area contributed by atoms with Gasteiger partial charge < -0.3 is 15.7 Å². The van der Waals surface area contributed by atoms with Crippen LogP contribution < -0.4 is 10.6 Å². The van der Waals surface area contributed by atoms with E-state index in [1.807, 2.05) is 18.2 Å². The molecule has 0 unspecified atom stereocenters. The van der Waals surface area contributed by atoms with Crippen LogP contribution in [0, 0.1) is 0 Å². The van der Waals surface area contributed by atoms with Crippen LogP contribution in [0.2, 0.25) is 0 Å². The van der Waals surface area contributed by atoms with E-state index in [1.165, 1.54) is 11.1 Å². The van der Waals surface area contributed by atoms with E-state index in [2.05, 4.69) is 10.6 Å². The molecule has 1 aliphatic carbocycles. The number of fused-ring (bicyclic) bond motifs is 1. The molecule has 0 aliphatic heterocycles. The van der Waals surface area contributed by atoms with E-state index < -0.39 is 11.5 Å². The number of aliphatic carboxylic acids is 1. The summed E-state index contributed by atoms with van der Waals surface area (Å²) in [5.74, 6) is -0.937. The molecule has 108 valence electrons. The van der Waals surface area contributed by atoms with Gasteiger partial charge in [-0.15, -0.1) is 0 Å². The Hall–Kier alpha value is -2.04. The number of urea groups is 1. The molecule has 0 saturated heterocycles. The van der Waals surface area contributed by atoms with Crippen LogP contribution in [0.1, 0.15) is 37.8 Å². The monoisotopic (exact) mass is 276 g/mol. The van der Waals surface area contributed by atoms with Gasteiger partial charge in [0.25, 0.3) is 0 Å². The topological polar surface area (TPSA) is 78.4 Å². The number of aryl methyl sites for hydroxylation is 2. The molecule has 0 atom stereocenters. The summed E-state index contributed by atoms with van der Waals surface area (Å²) in [6, 6.07) is 5.54. The fraction of sp³-hybridized carbons (Fsp3) is 0.467. The number of carbonyl (C=O) groups is 2. The fourth-order valence-electron chi connectivity index (χ4n) is 2.54. The van der Waals surface area contributed by atoms with Crippen molar-refractivity contribution < 1.29 is 14.7 Å². The molecule has 20 heavy (non-hydrogen) atoms. The standard InChI is InChI=1S/C15H20N2O3/c1-15(2,9-13(18)19)17-14(20)16-12-7-6-10-4-3-5-11(10)8-12/h6-8H,3-5,9H2,1-2H3,(H,18,19)(H2,16,17,20). The van der Waals surface area contributed by atoms with Gasteiger partial charge in [-0.05, 0) is 56.4 Å². The highest BCUT2D eigenvalue weighted by molar-refractivity contribution is 5.90. The summed E-state index contributed by atoms with van der Waals surface area (Å²) in [5.41, 5.74) is 2.59. The normalized spacial score (nSPS) is 13.7. The van der Waals surface area contributed by atoms with Crippen LogP contribution in [0.4, 0.5) is 10.5 Å². The second-order valence-electron chi connectivity index (χ2n) is 5.87. The van der Waals surface area contributed by atoms with E-state index in [1.54, 1.807) is 13.8 Å². The van der Waals surface area contributed by atoms with Crippen molar-refractivity contribution in [1.82, 2.24) is 5.32 Å². The largest absolute Gasteiger partial charge is 0.481 e. The molecule has 1 aliphatic rings. The van der Waals surface area contributed by atoms with Crippen LogP contribution in [0.25, 0.3) is 0 Å². The summed E-state index contributed by atoms with van der Waals surface area (Å²) in [6.07, 6.45) is 3.20. The molecule has 5 heteroatoms. The van der Waals surface area contributed by atoms with Crippen molar-refractivity contribution in [3.63, 3.8) is 0 Å². The molecule has 3 N–H and O–H groups in total. The number of hydrogen-bond acceptors (Lipinski definition) is 2. The Morgan fingerprint density at radius 2 is 1.95 bits per heavy atom. The van der Waals surface area contributed by atoms with Crippen LogP contribution in [0.3, 0.4) is 0 Å². The van der Waals surface area contributed by atoms with Crippen molar-refractivity contribution in [2.45, 2.75) is 45.1 Å². The van der Waals surface area contributed by atoms with E-state index in [-0.39, 0.29) is 12.5 Å². The maximum absolute atomic E-state index is 11.9. The summed E-state index contributed by atoms with van der Waals surface area (Å²) in [6.45, 7) is 3.37. The first-order chi connectivity index (χ1) is 9.35. The lowest BCUT2D eigenvalue weighted by Gasteiger charge is -2.24. The molecular formula is C15H20N2O3. The fourth-order valence-corrected chi connectivity index (χ4v) is 2.54. The first kappa shape index (κ1) is 14.4. The van der Waals surface area contributed by atoms with Crippen LogP contribution in [-0.4, -0.2) is 22.6 Å². The van der Waals surface area contributed by atoms with Gasteiger partial charge in [0.05, 0.1) is 6.42 Å². The molecule has 1 aromatic carbocycles. The van der Waals surface area contributed by atoms with Gasteiger partial charge in [0, 0.05) is 11.2 Å². The SMILES string of the molecule is CC(C)(CC(=O)O)NC(=O)Nc1ccc2c(c1)CCC2. The Kier molecular flexibility index (Phi) is 3.97. The number of rotatable bonds is 4. The van der Waals surface area contributed by atoms with Crippen LogP contribution in [0.5, 0.6) is 0 Å². The van der Waals surface area contributed by atoms with Gasteiger partial charge >= 0.3 is 12.0 Å². The molecule has 0 aromatic heterocycles. The Bertz CT molecular complexity index is 538. The van der Waals surface area contributed by atoms with E-state index in [0.717, 1.165) is 24.9 Å². The number of amides is 2. The van der Waals surface area contributed by atoms with Crippen molar-refractivity contribution in [2.75, 3.05) is 5.32 Å². The van der Waals surface area contributed by atoms with Gasteiger partial charge in [0.15, 0.2) is 0 Å². The molecule has 0 saturated carbocycles. The third-order valence-corrected chi connectivity index (χ3v) is 3.40. The van der Waals surface area contributed by atoms with Crippen molar-refractivity contribution in [1.29, 1.82) is 0 Å². The lowest BCUT2D eigenvalue weighted by molar-refractivity contribution is -0.138. The van der Waals surface area contributed by atoms with Gasteiger partial charge in [-0.1, -0.05) is 6.07 Å². The molecule has 0 radical (unpaired) electrons. The lowest BCUT2D eigenvalue weighted by atomic mass is 10.0. The molecule has 0 bridgehead atoms. The maximum Gasteiger partial charge on any atom is 0.319 e. The highest BCUT2D eigenvalue weighted by Crippen LogP contribution is 2.24. The third kappa shape index (κ3) is 3.73. The van der Waals surface area contributed by atoms with E-state index in [9.17, 15) is 9.59 Å². The van der Waals surface area contributed by atoms with Crippen LogP contribution >= 0.6 is 0 Å². The summed E-state index contributed by atoms with van der Waals surface area (Å²) in [4.78, 5) is 22.6. The second-order valence-corrected chi connectivity index (χ2v) is 5.87. The zero-order chi connectivity index (χ0) is 14.8. The summed E-state index contributed by atoms with van der Waals surface area (Å²) >= 11 is 0. The van der Waals surface area contributed by atoms with Crippen LogP contribution in [-0.2, 0) is 17.6 Å². The van der Waals surface area contributed by atoms with Crippen molar-refractivity contribution in [3.8, 4) is 0 Å². The Morgan fingerprint density at radius 1 is 1.25 bits per heavy atom. The average Bonchev–Trinajstić information content (AvgIpc) is 2.72. The van der Waals surface area contributed by atoms with Gasteiger partial charge in [-0.25, -0.2) is 4.79 Å². The first-order valence-electron chi connectivity index (χ1n) is 6.78. The van der Waals surface area contributed by atoms with Crippen LogP contribution in [0.15, 0.2) is 18.2 Å². The van der Waals surface area contributed by atoms with Crippen molar-refractivity contribution in [3.05, 3.63) is 29.3 Å². The number of carbonyl (C=O) groups excluding carboxylic acids is 1. The highest BCUT2D eigenvalue weighted by atomic mass is 16.4. The zero-order valence-corrected chi connectivity index (χ0v) is 11.8. The van der Waals surface area contributed by atoms with E-state index in [0.29, 0.717) is 0 Å². The molecule has 1 aromatic rings. The Balaban J connectivity index is 1.96. The Morgan fingerprint density at radius 3 is 2.65 bits per heavy atom. The second kappa shape index (κ2) is 5.53. The van der Waals surface area contributed by atoms with Gasteiger partial charge in [0.1, 0.15) is 0 Å². The van der Waals surface area contributed by atoms with Gasteiger partial charge in [0.2, 0.25) is 0 Å².